The zero-order chi connectivity index (χ0) is 31.0. The third-order valence-corrected chi connectivity index (χ3v) is 8.95. The van der Waals surface area contributed by atoms with Crippen molar-refractivity contribution in [3.63, 3.8) is 0 Å². The first kappa shape index (κ1) is 28.3. The Morgan fingerprint density at radius 1 is 0.956 bits per heavy atom. The number of aliphatic imine (C=N–C) groups is 1. The second-order valence-electron chi connectivity index (χ2n) is 12.0. The fourth-order valence-electron chi connectivity index (χ4n) is 6.08. The minimum Gasteiger partial charge on any atom is -0.846 e. The number of hydrogen-bond acceptors (Lipinski definition) is 3. The van der Waals surface area contributed by atoms with Gasteiger partial charge in [0.1, 0.15) is 0 Å². The molecule has 0 bridgehead atoms. The molecule has 226 valence electrons. The predicted molar refractivity (Wildman–Crippen MR) is 180 cm³/mol. The van der Waals surface area contributed by atoms with Crippen molar-refractivity contribution in [3.05, 3.63) is 126 Å². The Kier molecular flexibility index (Phi) is 7.25. The summed E-state index contributed by atoms with van der Waals surface area (Å²) in [5.74, 6) is 0. The van der Waals surface area contributed by atoms with Crippen LogP contribution in [-0.2, 0) is 11.8 Å². The fourth-order valence-corrected chi connectivity index (χ4v) is 6.08. The van der Waals surface area contributed by atoms with Crippen LogP contribution in [0.15, 0.2) is 114 Å². The van der Waals surface area contributed by atoms with Gasteiger partial charge in [0, 0.05) is 52.3 Å². The molecule has 1 fully saturated rings. The smallest absolute Gasteiger partial charge is 0.319 e. The summed E-state index contributed by atoms with van der Waals surface area (Å²) in [6.07, 6.45) is 5.51. The number of amides is 2. The van der Waals surface area contributed by atoms with Crippen molar-refractivity contribution < 1.29 is 9.90 Å². The number of nitrogens with zero attached hydrogens (tertiary/aromatic N) is 2. The molecule has 6 aromatic rings. The number of rotatable bonds is 8. The molecule has 1 saturated carbocycles. The van der Waals surface area contributed by atoms with Crippen molar-refractivity contribution in [3.8, 4) is 5.69 Å². The first-order chi connectivity index (χ1) is 21.9. The van der Waals surface area contributed by atoms with E-state index >= 15 is 0 Å². The van der Waals surface area contributed by atoms with Crippen LogP contribution in [0.3, 0.4) is 0 Å². The van der Waals surface area contributed by atoms with E-state index in [-0.39, 0.29) is 23.5 Å². The number of carbonyl (C=O) groups excluding carboxylic acids is 1. The molecule has 1 unspecified atom stereocenters. The van der Waals surface area contributed by atoms with Gasteiger partial charge in [0.2, 0.25) is 0 Å². The first-order valence-electron chi connectivity index (χ1n) is 15.3. The minimum absolute atomic E-state index is 0.0940. The maximum atomic E-state index is 12.8. The largest absolute Gasteiger partial charge is 0.846 e. The van der Waals surface area contributed by atoms with Gasteiger partial charge in [-0.3, -0.25) is 4.99 Å². The van der Waals surface area contributed by atoms with Crippen LogP contribution in [0, 0.1) is 6.92 Å². The summed E-state index contributed by atoms with van der Waals surface area (Å²) >= 11 is 0. The average molecular weight is 596 g/mol. The lowest BCUT2D eigenvalue weighted by Gasteiger charge is -2.17. The lowest BCUT2D eigenvalue weighted by atomic mass is 9.97. The molecule has 2 heterocycles. The summed E-state index contributed by atoms with van der Waals surface area (Å²) < 4.78 is 2.13. The van der Waals surface area contributed by atoms with Gasteiger partial charge in [-0.25, -0.2) is 4.79 Å². The molecule has 2 atom stereocenters. The van der Waals surface area contributed by atoms with E-state index in [9.17, 15) is 9.90 Å². The number of aryl methyl sites for hydroxylation is 1. The van der Waals surface area contributed by atoms with Crippen molar-refractivity contribution in [2.75, 3.05) is 17.2 Å². The molecule has 0 radical (unpaired) electrons. The van der Waals surface area contributed by atoms with Crippen molar-refractivity contribution >= 4 is 45.2 Å². The Hall–Kier alpha value is -5.50. The number of aromatic nitrogens is 2. The molecule has 0 aliphatic heterocycles. The highest BCUT2D eigenvalue weighted by Crippen LogP contribution is 2.50. The van der Waals surface area contributed by atoms with Gasteiger partial charge >= 0.3 is 6.03 Å². The van der Waals surface area contributed by atoms with E-state index in [0.29, 0.717) is 6.54 Å². The van der Waals surface area contributed by atoms with E-state index < -0.39 is 0 Å². The minimum atomic E-state index is -0.332. The van der Waals surface area contributed by atoms with Gasteiger partial charge in [0.15, 0.2) is 0 Å². The van der Waals surface area contributed by atoms with E-state index in [1.165, 1.54) is 11.1 Å². The van der Waals surface area contributed by atoms with Crippen LogP contribution in [0.4, 0.5) is 16.2 Å². The summed E-state index contributed by atoms with van der Waals surface area (Å²) in [5, 5.41) is 23.8. The Balaban J connectivity index is 1.03. The van der Waals surface area contributed by atoms with Gasteiger partial charge in [0.05, 0.1) is 17.6 Å². The van der Waals surface area contributed by atoms with Gasteiger partial charge in [-0.1, -0.05) is 55.5 Å². The number of H-pyrrole nitrogens is 1. The molecule has 1 aliphatic rings. The number of benzene rings is 4. The second-order valence-corrected chi connectivity index (χ2v) is 12.0. The number of fused-ring (bicyclic) bond motifs is 2. The van der Waals surface area contributed by atoms with Crippen LogP contribution in [0.5, 0.6) is 0 Å². The van der Waals surface area contributed by atoms with Crippen LogP contribution in [0.2, 0.25) is 0 Å². The highest BCUT2D eigenvalue weighted by atomic mass is 16.3. The normalized spacial score (nSPS) is 17.8. The highest BCUT2D eigenvalue weighted by molar-refractivity contribution is 5.93. The summed E-state index contributed by atoms with van der Waals surface area (Å²) in [4.78, 5) is 20.3. The zero-order valence-corrected chi connectivity index (χ0v) is 25.3. The van der Waals surface area contributed by atoms with E-state index in [0.717, 1.165) is 57.3 Å². The molecule has 0 saturated heterocycles. The molecule has 2 amide bonds. The van der Waals surface area contributed by atoms with Crippen LogP contribution in [-0.4, -0.2) is 34.2 Å². The van der Waals surface area contributed by atoms with Gasteiger partial charge in [-0.15, -0.1) is 0 Å². The molecule has 8 nitrogen and oxygen atoms in total. The Bertz CT molecular complexity index is 2060. The molecule has 1 aliphatic carbocycles. The van der Waals surface area contributed by atoms with Crippen LogP contribution < -0.4 is 21.1 Å². The maximum Gasteiger partial charge on any atom is 0.319 e. The Morgan fingerprint density at radius 3 is 2.64 bits per heavy atom. The SMILES string of the molecule is Cc1ccccc1CCNC(=O)Nc1ccc2ccn(-c3cccc([C@]4(C)CC4N=C([O-])Nc4ccc5cc[nH]c5c4)c3)c2c1. The number of amidine groups is 1. The lowest BCUT2D eigenvalue weighted by Crippen LogP contribution is -2.30. The summed E-state index contributed by atoms with van der Waals surface area (Å²) in [7, 11) is 0. The Morgan fingerprint density at radius 2 is 1.78 bits per heavy atom. The zero-order valence-electron chi connectivity index (χ0n) is 25.3. The second kappa shape index (κ2) is 11.5. The molecule has 4 N–H and O–H groups in total. The third kappa shape index (κ3) is 5.87. The monoisotopic (exact) mass is 595 g/mol. The third-order valence-electron chi connectivity index (χ3n) is 8.95. The van der Waals surface area contributed by atoms with Gasteiger partial charge in [-0.05, 0) is 90.4 Å². The lowest BCUT2D eigenvalue weighted by molar-refractivity contribution is -0.214. The van der Waals surface area contributed by atoms with Crippen molar-refractivity contribution in [2.45, 2.75) is 38.1 Å². The van der Waals surface area contributed by atoms with Crippen molar-refractivity contribution in [1.29, 1.82) is 0 Å². The van der Waals surface area contributed by atoms with Crippen LogP contribution in [0.25, 0.3) is 27.5 Å². The fraction of sp³-hybridized carbons (Fsp3) is 0.189. The van der Waals surface area contributed by atoms with Crippen LogP contribution >= 0.6 is 0 Å². The predicted octanol–water partition coefficient (Wildman–Crippen LogP) is 6.64. The van der Waals surface area contributed by atoms with Gasteiger partial charge in [-0.2, -0.15) is 0 Å². The maximum absolute atomic E-state index is 12.8. The quantitative estimate of drug-likeness (QED) is 0.117. The molecule has 8 heteroatoms. The summed E-state index contributed by atoms with van der Waals surface area (Å²) in [6.45, 7) is 4.80. The molecule has 4 aromatic carbocycles. The van der Waals surface area contributed by atoms with E-state index in [4.69, 9.17) is 0 Å². The molecular formula is C37H35N6O2-. The van der Waals surface area contributed by atoms with E-state index in [1.54, 1.807) is 0 Å². The standard InChI is InChI=1S/C37H36N6O2/c1-24-6-3-4-7-25(24)14-18-39-35(44)40-30-13-11-27-16-19-43(33(27)22-30)31-9-5-8-28(20-31)37(2)23-34(37)42-36(45)41-29-12-10-26-15-17-38-32(26)21-29/h3-13,15-17,19-22,34,38H,14,18,23H2,1-2H3,(H2,39,40,44)(H2,41,42,45)/p-1/t34?,37-/m0/s1. The number of anilines is 2. The highest BCUT2D eigenvalue weighted by Gasteiger charge is 2.51. The van der Waals surface area contributed by atoms with Crippen molar-refractivity contribution in [2.24, 2.45) is 4.99 Å². The Labute approximate surface area is 261 Å². The van der Waals surface area contributed by atoms with E-state index in [1.807, 2.05) is 73.1 Å². The van der Waals surface area contributed by atoms with Gasteiger partial charge in [0.25, 0.3) is 0 Å². The number of carbonyl (C=O) groups is 1. The van der Waals surface area contributed by atoms with Gasteiger partial charge < -0.3 is 30.6 Å². The molecule has 45 heavy (non-hydrogen) atoms. The molecule has 0 spiro atoms. The molecule has 7 rings (SSSR count). The first-order valence-corrected chi connectivity index (χ1v) is 15.3. The summed E-state index contributed by atoms with van der Waals surface area (Å²) in [6, 6.07) is 31.7. The molecular weight excluding hydrogens is 560 g/mol. The number of urea groups is 1. The number of nitrogens with one attached hydrogen (secondary N) is 4. The van der Waals surface area contributed by atoms with Crippen molar-refractivity contribution in [1.82, 2.24) is 14.9 Å². The van der Waals surface area contributed by atoms with Crippen LogP contribution in [0.1, 0.15) is 30.0 Å². The summed E-state index contributed by atoms with van der Waals surface area (Å²) in [5.41, 5.74) is 7.79. The average Bonchev–Trinajstić information content (AvgIpc) is 3.35. The number of hydrogen-bond donors (Lipinski definition) is 4. The van der Waals surface area contributed by atoms with E-state index in [2.05, 4.69) is 80.7 Å². The number of aromatic amines is 1. The topological polar surface area (TPSA) is 109 Å². The molecule has 2 aromatic heterocycles.